The number of amides is 1. The van der Waals surface area contributed by atoms with Gasteiger partial charge in [0, 0.05) is 5.56 Å². The zero-order valence-corrected chi connectivity index (χ0v) is 18.9. The zero-order chi connectivity index (χ0) is 23.7. The van der Waals surface area contributed by atoms with Gasteiger partial charge in [-0.1, -0.05) is 72.0 Å². The normalized spacial score (nSPS) is 17.2. The molecule has 1 N–H and O–H groups in total. The first kappa shape index (κ1) is 21.5. The van der Waals surface area contributed by atoms with Crippen molar-refractivity contribution in [2.24, 2.45) is 0 Å². The summed E-state index contributed by atoms with van der Waals surface area (Å²) < 4.78 is 5.97. The summed E-state index contributed by atoms with van der Waals surface area (Å²) in [5.41, 5.74) is 1.02. The number of para-hydroxylation sites is 1. The van der Waals surface area contributed by atoms with Crippen LogP contribution in [0.5, 0.6) is 11.5 Å². The number of rotatable bonds is 5. The molecule has 0 spiro atoms. The maximum atomic E-state index is 13.2. The van der Waals surface area contributed by atoms with E-state index in [4.69, 9.17) is 4.74 Å². The average Bonchev–Trinajstić information content (AvgIpc) is 3.40. The van der Waals surface area contributed by atoms with Gasteiger partial charge in [-0.15, -0.1) is 10.2 Å². The highest BCUT2D eigenvalue weighted by Gasteiger charge is 2.48. The van der Waals surface area contributed by atoms with Crippen molar-refractivity contribution in [2.45, 2.75) is 13.0 Å². The van der Waals surface area contributed by atoms with Crippen LogP contribution in [0.2, 0.25) is 0 Å². The lowest BCUT2D eigenvalue weighted by atomic mass is 9.95. The molecule has 8 heteroatoms. The fourth-order valence-corrected chi connectivity index (χ4v) is 4.57. The molecule has 0 radical (unpaired) electrons. The summed E-state index contributed by atoms with van der Waals surface area (Å²) >= 11 is 1.20. The molecular formula is C26H19N3O4S. The van der Waals surface area contributed by atoms with Crippen molar-refractivity contribution in [1.82, 2.24) is 10.2 Å². The number of carbonyl (C=O) groups excluding carboxylic acids is 2. The number of hydrogen-bond acceptors (Lipinski definition) is 7. The second-order valence-corrected chi connectivity index (χ2v) is 8.79. The first-order valence-electron chi connectivity index (χ1n) is 10.5. The standard InChI is InChI=1S/C26H19N3O4S/c1-16-27-28-26(34-16)29-22(18-11-8-14-20(15-18)33-19-12-6-3-7-13-19)21(24(31)25(29)32)23(30)17-9-4-2-5-10-17/h2-15,22,30H,1H3/t22-/m0/s1. The lowest BCUT2D eigenvalue weighted by Crippen LogP contribution is -2.29. The molecule has 1 aromatic heterocycles. The van der Waals surface area contributed by atoms with E-state index in [0.717, 1.165) is 0 Å². The van der Waals surface area contributed by atoms with Crippen LogP contribution in [0.3, 0.4) is 0 Å². The summed E-state index contributed by atoms with van der Waals surface area (Å²) in [6.45, 7) is 1.77. The predicted octanol–water partition coefficient (Wildman–Crippen LogP) is 5.27. The Labute approximate surface area is 199 Å². The molecule has 0 aliphatic carbocycles. The Morgan fingerprint density at radius 3 is 2.26 bits per heavy atom. The van der Waals surface area contributed by atoms with Crippen molar-refractivity contribution in [3.8, 4) is 11.5 Å². The van der Waals surface area contributed by atoms with Crippen LogP contribution in [-0.4, -0.2) is 27.0 Å². The van der Waals surface area contributed by atoms with E-state index in [1.165, 1.54) is 16.2 Å². The van der Waals surface area contributed by atoms with Gasteiger partial charge in [0.1, 0.15) is 22.3 Å². The van der Waals surface area contributed by atoms with Crippen LogP contribution >= 0.6 is 11.3 Å². The number of aliphatic hydroxyl groups excluding tert-OH is 1. The van der Waals surface area contributed by atoms with Crippen molar-refractivity contribution in [3.05, 3.63) is 107 Å². The third-order valence-electron chi connectivity index (χ3n) is 5.37. The number of nitrogens with zero attached hydrogens (tertiary/aromatic N) is 3. The van der Waals surface area contributed by atoms with Crippen molar-refractivity contribution in [2.75, 3.05) is 4.90 Å². The van der Waals surface area contributed by atoms with Crippen molar-refractivity contribution in [1.29, 1.82) is 0 Å². The molecule has 0 unspecified atom stereocenters. The molecule has 1 saturated heterocycles. The van der Waals surface area contributed by atoms with E-state index in [2.05, 4.69) is 10.2 Å². The molecule has 1 atom stereocenters. The van der Waals surface area contributed by atoms with Gasteiger partial charge in [0.05, 0.1) is 11.6 Å². The molecule has 0 saturated carbocycles. The second-order valence-electron chi connectivity index (χ2n) is 7.63. The number of ether oxygens (including phenoxy) is 1. The Morgan fingerprint density at radius 1 is 0.912 bits per heavy atom. The molecule has 5 rings (SSSR count). The summed E-state index contributed by atoms with van der Waals surface area (Å²) in [7, 11) is 0. The van der Waals surface area contributed by atoms with Gasteiger partial charge < -0.3 is 9.84 Å². The Bertz CT molecular complexity index is 1400. The highest BCUT2D eigenvalue weighted by Crippen LogP contribution is 2.43. The highest BCUT2D eigenvalue weighted by molar-refractivity contribution is 7.15. The number of anilines is 1. The van der Waals surface area contributed by atoms with Crippen molar-refractivity contribution in [3.63, 3.8) is 0 Å². The number of hydrogen-bond donors (Lipinski definition) is 1. The number of aliphatic hydroxyl groups is 1. The minimum atomic E-state index is -0.896. The van der Waals surface area contributed by atoms with Gasteiger partial charge >= 0.3 is 5.91 Å². The molecular weight excluding hydrogens is 450 g/mol. The number of aromatic nitrogens is 2. The molecule has 1 fully saturated rings. The first-order chi connectivity index (χ1) is 16.5. The van der Waals surface area contributed by atoms with Crippen LogP contribution in [-0.2, 0) is 9.59 Å². The molecule has 1 amide bonds. The van der Waals surface area contributed by atoms with Crippen LogP contribution in [0, 0.1) is 6.92 Å². The molecule has 34 heavy (non-hydrogen) atoms. The SMILES string of the molecule is Cc1nnc(N2C(=O)C(=O)C(=C(O)c3ccccc3)[C@@H]2c2cccc(Oc3ccccc3)c2)s1. The van der Waals surface area contributed by atoms with E-state index in [-0.39, 0.29) is 16.5 Å². The summed E-state index contributed by atoms with van der Waals surface area (Å²) in [6.07, 6.45) is 0. The van der Waals surface area contributed by atoms with Crippen LogP contribution in [0.1, 0.15) is 22.2 Å². The molecule has 7 nitrogen and oxygen atoms in total. The fraction of sp³-hybridized carbons (Fsp3) is 0.0769. The Hall–Kier alpha value is -4.30. The highest BCUT2D eigenvalue weighted by atomic mass is 32.1. The van der Waals surface area contributed by atoms with E-state index in [9.17, 15) is 14.7 Å². The van der Waals surface area contributed by atoms with Crippen molar-refractivity contribution < 1.29 is 19.4 Å². The third kappa shape index (κ3) is 3.95. The fourth-order valence-electron chi connectivity index (χ4n) is 3.85. The van der Waals surface area contributed by atoms with Gasteiger partial charge in [0.25, 0.3) is 5.78 Å². The molecule has 3 aromatic carbocycles. The van der Waals surface area contributed by atoms with Crippen molar-refractivity contribution >= 4 is 33.9 Å². The monoisotopic (exact) mass is 469 g/mol. The van der Waals surface area contributed by atoms with E-state index in [1.54, 1.807) is 61.5 Å². The lowest BCUT2D eigenvalue weighted by molar-refractivity contribution is -0.132. The Morgan fingerprint density at radius 2 is 1.59 bits per heavy atom. The minimum absolute atomic E-state index is 0.0130. The quantitative estimate of drug-likeness (QED) is 0.243. The Balaban J connectivity index is 1.66. The van der Waals surface area contributed by atoms with Gasteiger partial charge in [-0.3, -0.25) is 14.5 Å². The van der Waals surface area contributed by atoms with E-state index >= 15 is 0 Å². The smallest absolute Gasteiger partial charge is 0.301 e. The third-order valence-corrected chi connectivity index (χ3v) is 6.20. The number of aryl methyl sites for hydroxylation is 1. The average molecular weight is 470 g/mol. The topological polar surface area (TPSA) is 92.6 Å². The summed E-state index contributed by atoms with van der Waals surface area (Å²) in [5.74, 6) is -0.621. The van der Waals surface area contributed by atoms with Gasteiger partial charge in [0.15, 0.2) is 0 Å². The zero-order valence-electron chi connectivity index (χ0n) is 18.1. The molecule has 1 aliphatic rings. The predicted molar refractivity (Wildman–Crippen MR) is 129 cm³/mol. The molecule has 4 aromatic rings. The second kappa shape index (κ2) is 8.92. The van der Waals surface area contributed by atoms with Crippen LogP contribution in [0.4, 0.5) is 5.13 Å². The van der Waals surface area contributed by atoms with Crippen LogP contribution < -0.4 is 9.64 Å². The number of ketones is 1. The van der Waals surface area contributed by atoms with Gasteiger partial charge in [0.2, 0.25) is 5.13 Å². The molecule has 1 aliphatic heterocycles. The van der Waals surface area contributed by atoms with Gasteiger partial charge in [-0.25, -0.2) is 0 Å². The van der Waals surface area contributed by atoms with Crippen LogP contribution in [0.25, 0.3) is 5.76 Å². The maximum Gasteiger partial charge on any atom is 0.301 e. The van der Waals surface area contributed by atoms with Gasteiger partial charge in [-0.05, 0) is 36.8 Å². The van der Waals surface area contributed by atoms with E-state index in [0.29, 0.717) is 27.6 Å². The van der Waals surface area contributed by atoms with E-state index < -0.39 is 17.7 Å². The summed E-state index contributed by atoms with van der Waals surface area (Å²) in [5, 5.41) is 20.2. The first-order valence-corrected chi connectivity index (χ1v) is 11.3. The molecule has 0 bridgehead atoms. The number of benzene rings is 3. The summed E-state index contributed by atoms with van der Waals surface area (Å²) in [4.78, 5) is 27.6. The van der Waals surface area contributed by atoms with Crippen LogP contribution in [0.15, 0.2) is 90.5 Å². The molecule has 168 valence electrons. The Kier molecular flexibility index (Phi) is 5.65. The number of Topliss-reactive ketones (excluding diaryl/α,β-unsaturated/α-hetero) is 1. The maximum absolute atomic E-state index is 13.2. The number of carbonyl (C=O) groups is 2. The molecule has 2 heterocycles. The van der Waals surface area contributed by atoms with Gasteiger partial charge in [-0.2, -0.15) is 0 Å². The lowest BCUT2D eigenvalue weighted by Gasteiger charge is -2.23. The summed E-state index contributed by atoms with van der Waals surface area (Å²) in [6, 6.07) is 24.2. The minimum Gasteiger partial charge on any atom is -0.507 e. The largest absolute Gasteiger partial charge is 0.507 e. The van der Waals surface area contributed by atoms with E-state index in [1.807, 2.05) is 30.3 Å².